The third-order valence-electron chi connectivity index (χ3n) is 5.41. The van der Waals surface area contributed by atoms with Crippen molar-refractivity contribution in [3.8, 4) is 22.9 Å². The predicted octanol–water partition coefficient (Wildman–Crippen LogP) is 1.56. The van der Waals surface area contributed by atoms with Gasteiger partial charge < -0.3 is 34.7 Å². The largest absolute Gasteiger partial charge is 0.493 e. The number of likely N-dealkylation sites (tertiary alicyclic amines) is 1. The highest BCUT2D eigenvalue weighted by atomic mass is 16.5. The summed E-state index contributed by atoms with van der Waals surface area (Å²) in [5.41, 5.74) is 7.24. The van der Waals surface area contributed by atoms with Gasteiger partial charge in [-0.1, -0.05) is 0 Å². The summed E-state index contributed by atoms with van der Waals surface area (Å²) in [7, 11) is 4.73. The molecule has 2 aliphatic rings. The van der Waals surface area contributed by atoms with E-state index < -0.39 is 0 Å². The van der Waals surface area contributed by atoms with Gasteiger partial charge in [0.25, 0.3) is 0 Å². The lowest BCUT2D eigenvalue weighted by molar-refractivity contribution is -0.121. The zero-order valence-electron chi connectivity index (χ0n) is 17.8. The third kappa shape index (κ3) is 4.00. The molecule has 4 rings (SSSR count). The first kappa shape index (κ1) is 20.6. The molecule has 1 aromatic carbocycles. The quantitative estimate of drug-likeness (QED) is 0.690. The number of primary amides is 1. The Bertz CT molecular complexity index is 1020. The van der Waals surface area contributed by atoms with Gasteiger partial charge in [-0.25, -0.2) is 4.98 Å². The summed E-state index contributed by atoms with van der Waals surface area (Å²) in [5, 5.41) is 3.29. The molecular formula is C21H26N6O4. The molecule has 0 spiro atoms. The molecule has 2 aliphatic heterocycles. The number of aliphatic imine (C=N–C) groups is 1. The van der Waals surface area contributed by atoms with Gasteiger partial charge in [0.15, 0.2) is 11.5 Å². The Labute approximate surface area is 180 Å². The van der Waals surface area contributed by atoms with Crippen LogP contribution in [0.15, 0.2) is 41.4 Å². The molecule has 0 unspecified atom stereocenters. The number of nitrogens with two attached hydrogens (primary N) is 1. The van der Waals surface area contributed by atoms with Gasteiger partial charge in [0.05, 0.1) is 39.8 Å². The Morgan fingerprint density at radius 2 is 1.94 bits per heavy atom. The van der Waals surface area contributed by atoms with Crippen LogP contribution in [0.5, 0.6) is 17.2 Å². The number of benzene rings is 1. The number of hydrogen-bond donors (Lipinski definition) is 2. The molecule has 0 bridgehead atoms. The van der Waals surface area contributed by atoms with E-state index in [2.05, 4.69) is 15.3 Å². The zero-order valence-corrected chi connectivity index (χ0v) is 17.8. The van der Waals surface area contributed by atoms with E-state index in [-0.39, 0.29) is 11.9 Å². The van der Waals surface area contributed by atoms with E-state index in [1.54, 1.807) is 27.7 Å². The number of nitrogens with one attached hydrogen (secondary N) is 1. The minimum atomic E-state index is -0.306. The Kier molecular flexibility index (Phi) is 5.70. The van der Waals surface area contributed by atoms with Crippen LogP contribution < -0.4 is 25.3 Å². The molecule has 164 valence electrons. The molecule has 10 heteroatoms. The summed E-state index contributed by atoms with van der Waals surface area (Å²) in [4.78, 5) is 22.6. The van der Waals surface area contributed by atoms with Gasteiger partial charge in [-0.2, -0.15) is 0 Å². The Morgan fingerprint density at radius 3 is 2.58 bits per heavy atom. The number of imidazole rings is 1. The van der Waals surface area contributed by atoms with Crippen LogP contribution in [0.1, 0.15) is 12.8 Å². The SMILES string of the molecule is COc1cc(-n2cnc(NC3=CC(N4CCC[C@H]4C(N)=O)=NC3)c2)cc(OC)c1OC. The van der Waals surface area contributed by atoms with Crippen molar-refractivity contribution in [2.45, 2.75) is 18.9 Å². The van der Waals surface area contributed by atoms with Crippen molar-refractivity contribution in [3.05, 3.63) is 36.4 Å². The molecular weight excluding hydrogens is 400 g/mol. The number of ether oxygens (including phenoxy) is 3. The second kappa shape index (κ2) is 8.58. The standard InChI is InChI=1S/C21H26N6O4/c1-29-16-8-14(9-17(30-2)20(16)31-3)26-11-18(24-12-26)25-13-7-19(23-10-13)27-6-4-5-15(27)21(22)28/h7-9,11-12,15,25H,4-6,10H2,1-3H3,(H2,22,28)/t15-/m0/s1. The second-order valence-electron chi connectivity index (χ2n) is 7.27. The molecule has 0 aliphatic carbocycles. The molecule has 10 nitrogen and oxygen atoms in total. The van der Waals surface area contributed by atoms with E-state index in [0.717, 1.165) is 36.6 Å². The van der Waals surface area contributed by atoms with E-state index in [4.69, 9.17) is 19.9 Å². The lowest BCUT2D eigenvalue weighted by Crippen LogP contribution is -2.42. The number of nitrogens with zero attached hydrogens (tertiary/aromatic N) is 4. The number of hydrogen-bond acceptors (Lipinski definition) is 8. The number of methoxy groups -OCH3 is 3. The molecule has 3 N–H and O–H groups in total. The number of amides is 1. The molecule has 2 aromatic rings. The fourth-order valence-electron chi connectivity index (χ4n) is 3.91. The summed E-state index contributed by atoms with van der Waals surface area (Å²) in [5.74, 6) is 2.80. The molecule has 1 saturated heterocycles. The van der Waals surface area contributed by atoms with Crippen LogP contribution in [0, 0.1) is 0 Å². The maximum Gasteiger partial charge on any atom is 0.240 e. The monoisotopic (exact) mass is 426 g/mol. The average Bonchev–Trinajstić information content (AvgIpc) is 3.53. The number of amidine groups is 1. The number of carbonyl (C=O) groups is 1. The van der Waals surface area contributed by atoms with Gasteiger partial charge >= 0.3 is 0 Å². The van der Waals surface area contributed by atoms with Gasteiger partial charge in [-0.05, 0) is 12.8 Å². The van der Waals surface area contributed by atoms with E-state index in [1.807, 2.05) is 33.9 Å². The molecule has 3 heterocycles. The first-order chi connectivity index (χ1) is 15.0. The topological polar surface area (TPSA) is 116 Å². The van der Waals surface area contributed by atoms with Crippen molar-refractivity contribution in [1.82, 2.24) is 14.5 Å². The molecule has 0 radical (unpaired) electrons. The molecule has 1 atom stereocenters. The van der Waals surface area contributed by atoms with Crippen molar-refractivity contribution in [3.63, 3.8) is 0 Å². The first-order valence-corrected chi connectivity index (χ1v) is 9.96. The molecule has 31 heavy (non-hydrogen) atoms. The predicted molar refractivity (Wildman–Crippen MR) is 116 cm³/mol. The van der Waals surface area contributed by atoms with Gasteiger partial charge in [0.2, 0.25) is 11.7 Å². The molecule has 0 saturated carbocycles. The summed E-state index contributed by atoms with van der Waals surface area (Å²) in [6, 6.07) is 3.41. The fourth-order valence-corrected chi connectivity index (χ4v) is 3.91. The number of carbonyl (C=O) groups excluding carboxylic acids is 1. The van der Waals surface area contributed by atoms with Crippen molar-refractivity contribution in [2.24, 2.45) is 10.7 Å². The summed E-state index contributed by atoms with van der Waals surface area (Å²) >= 11 is 0. The lowest BCUT2D eigenvalue weighted by atomic mass is 10.2. The summed E-state index contributed by atoms with van der Waals surface area (Å²) in [6.45, 7) is 1.28. The highest BCUT2D eigenvalue weighted by molar-refractivity contribution is 5.99. The minimum absolute atomic E-state index is 0.284. The van der Waals surface area contributed by atoms with Gasteiger partial charge in [0.1, 0.15) is 24.0 Å². The average molecular weight is 426 g/mol. The fraction of sp³-hybridized carbons (Fsp3) is 0.381. The van der Waals surface area contributed by atoms with Crippen LogP contribution in [0.2, 0.25) is 0 Å². The van der Waals surface area contributed by atoms with Crippen molar-refractivity contribution < 1.29 is 19.0 Å². The Morgan fingerprint density at radius 1 is 1.19 bits per heavy atom. The van der Waals surface area contributed by atoms with Gasteiger partial charge in [-0.3, -0.25) is 9.79 Å². The van der Waals surface area contributed by atoms with Crippen LogP contribution in [-0.4, -0.2) is 66.7 Å². The Balaban J connectivity index is 1.50. The van der Waals surface area contributed by atoms with Crippen LogP contribution in [0.3, 0.4) is 0 Å². The highest BCUT2D eigenvalue weighted by Gasteiger charge is 2.31. The summed E-state index contributed by atoms with van der Waals surface area (Å²) < 4.78 is 18.1. The smallest absolute Gasteiger partial charge is 0.240 e. The third-order valence-corrected chi connectivity index (χ3v) is 5.41. The highest BCUT2D eigenvalue weighted by Crippen LogP contribution is 2.39. The van der Waals surface area contributed by atoms with E-state index in [9.17, 15) is 4.79 Å². The lowest BCUT2D eigenvalue weighted by Gasteiger charge is -2.22. The van der Waals surface area contributed by atoms with Gasteiger partial charge in [-0.15, -0.1) is 0 Å². The van der Waals surface area contributed by atoms with E-state index in [1.165, 1.54) is 0 Å². The molecule has 1 aromatic heterocycles. The number of aromatic nitrogens is 2. The first-order valence-electron chi connectivity index (χ1n) is 9.96. The maximum atomic E-state index is 11.7. The van der Waals surface area contributed by atoms with Crippen molar-refractivity contribution in [2.75, 3.05) is 39.7 Å². The maximum absolute atomic E-state index is 11.7. The van der Waals surface area contributed by atoms with Crippen LogP contribution in [-0.2, 0) is 4.79 Å². The number of rotatable bonds is 7. The van der Waals surface area contributed by atoms with E-state index in [0.29, 0.717) is 29.6 Å². The van der Waals surface area contributed by atoms with Crippen LogP contribution >= 0.6 is 0 Å². The van der Waals surface area contributed by atoms with Crippen molar-refractivity contribution in [1.29, 1.82) is 0 Å². The second-order valence-corrected chi connectivity index (χ2v) is 7.27. The van der Waals surface area contributed by atoms with Crippen LogP contribution in [0.4, 0.5) is 5.82 Å². The van der Waals surface area contributed by atoms with Crippen molar-refractivity contribution >= 4 is 17.6 Å². The normalized spacial score (nSPS) is 17.9. The zero-order chi connectivity index (χ0) is 22.0. The number of anilines is 1. The Hall–Kier alpha value is -3.69. The van der Waals surface area contributed by atoms with E-state index >= 15 is 0 Å². The van der Waals surface area contributed by atoms with Crippen LogP contribution in [0.25, 0.3) is 5.69 Å². The summed E-state index contributed by atoms with van der Waals surface area (Å²) in [6.07, 6.45) is 7.21. The molecule has 1 amide bonds. The molecule has 1 fully saturated rings. The minimum Gasteiger partial charge on any atom is -0.493 e. The van der Waals surface area contributed by atoms with Gasteiger partial charge in [0, 0.05) is 30.5 Å².